The Morgan fingerprint density at radius 3 is 2.64 bits per heavy atom. The Bertz CT molecular complexity index is 110. The Balaban J connectivity index is 3.09. The first-order valence-corrected chi connectivity index (χ1v) is 3.92. The predicted octanol–water partition coefficient (Wildman–Crippen LogP) is 0.880. The summed E-state index contributed by atoms with van der Waals surface area (Å²) in [7, 11) is 2.08. The minimum Gasteiger partial charge on any atom is -0.312 e. The number of rotatable bonds is 7. The molecule has 0 atom stereocenters. The van der Waals surface area contributed by atoms with Gasteiger partial charge in [-0.2, -0.15) is 0 Å². The zero-order valence-corrected chi connectivity index (χ0v) is 7.34. The largest absolute Gasteiger partial charge is 0.312 e. The van der Waals surface area contributed by atoms with Gasteiger partial charge >= 0.3 is 0 Å². The van der Waals surface area contributed by atoms with E-state index in [4.69, 9.17) is 0 Å². The third-order valence-corrected chi connectivity index (χ3v) is 1.40. The molecule has 0 aromatic heterocycles. The fourth-order valence-electron chi connectivity index (χ4n) is 0.786. The molecule has 0 saturated carbocycles. The molecule has 64 valence electrons. The topological polar surface area (TPSA) is 15.3 Å². The minimum absolute atomic E-state index is 0.891. The van der Waals surface area contributed by atoms with Gasteiger partial charge in [0.25, 0.3) is 0 Å². The van der Waals surface area contributed by atoms with Crippen molar-refractivity contribution in [1.29, 1.82) is 0 Å². The van der Waals surface area contributed by atoms with E-state index >= 15 is 0 Å². The minimum atomic E-state index is 0.891. The van der Waals surface area contributed by atoms with Crippen molar-refractivity contribution in [3.63, 3.8) is 0 Å². The second kappa shape index (κ2) is 7.51. The van der Waals surface area contributed by atoms with E-state index in [-0.39, 0.29) is 0 Å². The average Bonchev–Trinajstić information content (AvgIpc) is 1.99. The van der Waals surface area contributed by atoms with Gasteiger partial charge in [0.1, 0.15) is 0 Å². The second-order valence-electron chi connectivity index (χ2n) is 2.54. The fraction of sp³-hybridized carbons (Fsp3) is 0.556. The van der Waals surface area contributed by atoms with Crippen molar-refractivity contribution in [3.8, 4) is 0 Å². The molecule has 2 heteroatoms. The highest BCUT2D eigenvalue weighted by molar-refractivity contribution is 4.73. The van der Waals surface area contributed by atoms with Crippen molar-refractivity contribution in [3.05, 3.63) is 25.3 Å². The van der Waals surface area contributed by atoms with Gasteiger partial charge in [0, 0.05) is 26.2 Å². The second-order valence-corrected chi connectivity index (χ2v) is 2.54. The van der Waals surface area contributed by atoms with E-state index in [1.165, 1.54) is 0 Å². The third-order valence-electron chi connectivity index (χ3n) is 1.40. The highest BCUT2D eigenvalue weighted by Crippen LogP contribution is 1.79. The Morgan fingerprint density at radius 2 is 2.09 bits per heavy atom. The molecule has 1 N–H and O–H groups in total. The quantitative estimate of drug-likeness (QED) is 0.432. The smallest absolute Gasteiger partial charge is 0.0158 e. The molecular formula is C9H18N2. The third kappa shape index (κ3) is 7.30. The summed E-state index contributed by atoms with van der Waals surface area (Å²) < 4.78 is 0. The zero-order chi connectivity index (χ0) is 8.53. The molecule has 11 heavy (non-hydrogen) atoms. The van der Waals surface area contributed by atoms with E-state index in [1.54, 1.807) is 0 Å². The van der Waals surface area contributed by atoms with E-state index in [0.717, 1.165) is 26.2 Å². The van der Waals surface area contributed by atoms with Crippen molar-refractivity contribution < 1.29 is 0 Å². The molecule has 0 saturated heterocycles. The van der Waals surface area contributed by atoms with Gasteiger partial charge in [-0.05, 0) is 7.05 Å². The summed E-state index contributed by atoms with van der Waals surface area (Å²) in [6, 6.07) is 0. The van der Waals surface area contributed by atoms with Gasteiger partial charge in [-0.1, -0.05) is 12.2 Å². The summed E-state index contributed by atoms with van der Waals surface area (Å²) in [5.74, 6) is 0. The molecule has 0 aliphatic rings. The molecule has 0 fully saturated rings. The van der Waals surface area contributed by atoms with Crippen molar-refractivity contribution in [2.45, 2.75) is 0 Å². The van der Waals surface area contributed by atoms with E-state index in [0.29, 0.717) is 0 Å². The van der Waals surface area contributed by atoms with Crippen LogP contribution in [0, 0.1) is 0 Å². The van der Waals surface area contributed by atoms with Crippen molar-refractivity contribution in [2.24, 2.45) is 0 Å². The van der Waals surface area contributed by atoms with Gasteiger partial charge in [0.2, 0.25) is 0 Å². The van der Waals surface area contributed by atoms with Crippen LogP contribution in [0.25, 0.3) is 0 Å². The first-order valence-electron chi connectivity index (χ1n) is 3.92. The Morgan fingerprint density at radius 1 is 1.36 bits per heavy atom. The Kier molecular flexibility index (Phi) is 7.10. The maximum absolute atomic E-state index is 3.67. The van der Waals surface area contributed by atoms with Crippen LogP contribution in [-0.4, -0.2) is 38.1 Å². The monoisotopic (exact) mass is 154 g/mol. The lowest BCUT2D eigenvalue weighted by molar-refractivity contribution is 0.368. The van der Waals surface area contributed by atoms with Crippen LogP contribution in [0.15, 0.2) is 25.3 Å². The molecule has 0 amide bonds. The molecule has 0 radical (unpaired) electrons. The summed E-state index contributed by atoms with van der Waals surface area (Å²) in [4.78, 5) is 2.21. The molecule has 0 spiro atoms. The van der Waals surface area contributed by atoms with Crippen LogP contribution in [0.1, 0.15) is 0 Å². The maximum Gasteiger partial charge on any atom is 0.0158 e. The number of hydrogen-bond donors (Lipinski definition) is 1. The molecule has 2 nitrogen and oxygen atoms in total. The summed E-state index contributed by atoms with van der Waals surface area (Å²) >= 11 is 0. The SMILES string of the molecule is C=CCNCCN(C)CC=C. The first kappa shape index (κ1) is 10.4. The van der Waals surface area contributed by atoms with Crippen molar-refractivity contribution >= 4 is 0 Å². The lowest BCUT2D eigenvalue weighted by Gasteiger charge is -2.13. The summed E-state index contributed by atoms with van der Waals surface area (Å²) in [5.41, 5.74) is 0. The van der Waals surface area contributed by atoms with Gasteiger partial charge in [0.05, 0.1) is 0 Å². The number of nitrogens with one attached hydrogen (secondary N) is 1. The summed E-state index contributed by atoms with van der Waals surface area (Å²) in [6.07, 6.45) is 3.78. The number of hydrogen-bond acceptors (Lipinski definition) is 2. The normalized spacial score (nSPS) is 10.0. The molecule has 0 rings (SSSR count). The van der Waals surface area contributed by atoms with Crippen LogP contribution >= 0.6 is 0 Å². The predicted molar refractivity (Wildman–Crippen MR) is 50.8 cm³/mol. The van der Waals surface area contributed by atoms with Crippen LogP contribution in [0.4, 0.5) is 0 Å². The van der Waals surface area contributed by atoms with Crippen molar-refractivity contribution in [2.75, 3.05) is 33.2 Å². The molecule has 0 heterocycles. The number of nitrogens with zero attached hydrogens (tertiary/aromatic N) is 1. The molecular weight excluding hydrogens is 136 g/mol. The summed E-state index contributed by atoms with van der Waals surface area (Å²) in [5, 5.41) is 3.23. The van der Waals surface area contributed by atoms with Crippen LogP contribution in [0.5, 0.6) is 0 Å². The highest BCUT2D eigenvalue weighted by atomic mass is 15.1. The molecule has 0 bridgehead atoms. The molecule has 0 aliphatic carbocycles. The van der Waals surface area contributed by atoms with Gasteiger partial charge < -0.3 is 10.2 Å². The number of likely N-dealkylation sites (N-methyl/N-ethyl adjacent to an activating group) is 1. The molecule has 0 aromatic rings. The van der Waals surface area contributed by atoms with Crippen molar-refractivity contribution in [1.82, 2.24) is 10.2 Å². The molecule has 0 aromatic carbocycles. The molecule has 0 unspecified atom stereocenters. The molecule has 0 aliphatic heterocycles. The van der Waals surface area contributed by atoms with Gasteiger partial charge in [-0.25, -0.2) is 0 Å². The van der Waals surface area contributed by atoms with Gasteiger partial charge in [-0.15, -0.1) is 13.2 Å². The van der Waals surface area contributed by atoms with Gasteiger partial charge in [-0.3, -0.25) is 0 Å². The zero-order valence-electron chi connectivity index (χ0n) is 7.34. The summed E-state index contributed by atoms with van der Waals surface area (Å²) in [6.45, 7) is 11.2. The first-order chi connectivity index (χ1) is 5.31. The van der Waals surface area contributed by atoms with Crippen LogP contribution in [0.2, 0.25) is 0 Å². The van der Waals surface area contributed by atoms with Crippen LogP contribution in [-0.2, 0) is 0 Å². The van der Waals surface area contributed by atoms with E-state index in [1.807, 2.05) is 12.2 Å². The van der Waals surface area contributed by atoms with Gasteiger partial charge in [0.15, 0.2) is 0 Å². The lowest BCUT2D eigenvalue weighted by atomic mass is 10.5. The average molecular weight is 154 g/mol. The van der Waals surface area contributed by atoms with Crippen LogP contribution < -0.4 is 5.32 Å². The lowest BCUT2D eigenvalue weighted by Crippen LogP contribution is -2.29. The maximum atomic E-state index is 3.67. The Labute approximate surface area is 69.6 Å². The highest BCUT2D eigenvalue weighted by Gasteiger charge is 1.91. The Hall–Kier alpha value is -0.600. The fourth-order valence-corrected chi connectivity index (χ4v) is 0.786. The van der Waals surface area contributed by atoms with E-state index in [9.17, 15) is 0 Å². The van der Waals surface area contributed by atoms with E-state index < -0.39 is 0 Å². The standard InChI is InChI=1S/C9H18N2/c1-4-6-10-7-9-11(3)8-5-2/h4-5,10H,1-2,6-9H2,3H3. The van der Waals surface area contributed by atoms with E-state index in [2.05, 4.69) is 30.4 Å². The van der Waals surface area contributed by atoms with Crippen LogP contribution in [0.3, 0.4) is 0 Å².